The summed E-state index contributed by atoms with van der Waals surface area (Å²) in [7, 11) is 0. The van der Waals surface area contributed by atoms with Gasteiger partial charge in [0.2, 0.25) is 0 Å². The molecule has 240 valence electrons. The van der Waals surface area contributed by atoms with E-state index in [2.05, 4.69) is 22.3 Å². The van der Waals surface area contributed by atoms with Gasteiger partial charge in [0.25, 0.3) is 0 Å². The van der Waals surface area contributed by atoms with Crippen LogP contribution in [0.5, 0.6) is 0 Å². The zero-order chi connectivity index (χ0) is 33.4. The SMILES string of the molecule is CCCCCCCCN(CCC#N)c1ccc(N=Nc2c(C#N)c(C(C)(C)C)nn2-c2c(F)cc(F)cc2F)c(C(F)(F)F)c1. The first-order valence-corrected chi connectivity index (χ1v) is 14.7. The maximum absolute atomic E-state index is 14.8. The van der Waals surface area contributed by atoms with E-state index in [4.69, 9.17) is 5.26 Å². The number of aromatic nitrogens is 2. The predicted molar refractivity (Wildman–Crippen MR) is 158 cm³/mol. The highest BCUT2D eigenvalue weighted by molar-refractivity contribution is 5.61. The van der Waals surface area contributed by atoms with Crippen molar-refractivity contribution in [2.24, 2.45) is 10.2 Å². The molecule has 0 fully saturated rings. The fraction of sp³-hybridized carbons (Fsp3) is 0.469. The molecule has 0 aliphatic heterocycles. The molecule has 13 heteroatoms. The van der Waals surface area contributed by atoms with Crippen molar-refractivity contribution in [3.63, 3.8) is 0 Å². The van der Waals surface area contributed by atoms with Crippen molar-refractivity contribution in [2.75, 3.05) is 18.0 Å². The molecule has 0 saturated carbocycles. The Morgan fingerprint density at radius 3 is 2.11 bits per heavy atom. The van der Waals surface area contributed by atoms with E-state index in [1.807, 2.05) is 12.1 Å². The maximum atomic E-state index is 14.8. The lowest BCUT2D eigenvalue weighted by Gasteiger charge is -2.25. The fourth-order valence-corrected chi connectivity index (χ4v) is 4.80. The second-order valence-corrected chi connectivity index (χ2v) is 11.6. The zero-order valence-electron chi connectivity index (χ0n) is 25.6. The molecule has 0 radical (unpaired) electrons. The largest absolute Gasteiger partial charge is 0.418 e. The molecule has 45 heavy (non-hydrogen) atoms. The highest BCUT2D eigenvalue weighted by Crippen LogP contribution is 2.41. The van der Waals surface area contributed by atoms with E-state index in [0.717, 1.165) is 50.7 Å². The second-order valence-electron chi connectivity index (χ2n) is 11.6. The van der Waals surface area contributed by atoms with Crippen LogP contribution < -0.4 is 4.90 Å². The Kier molecular flexibility index (Phi) is 11.7. The molecular formula is C32H35F6N7. The molecular weight excluding hydrogens is 596 g/mol. The molecule has 1 heterocycles. The number of nitriles is 2. The van der Waals surface area contributed by atoms with Gasteiger partial charge in [0, 0.05) is 36.3 Å². The lowest BCUT2D eigenvalue weighted by molar-refractivity contribution is -0.137. The smallest absolute Gasteiger partial charge is 0.370 e. The quantitative estimate of drug-likeness (QED) is 0.107. The van der Waals surface area contributed by atoms with E-state index in [-0.39, 0.29) is 29.9 Å². The van der Waals surface area contributed by atoms with Gasteiger partial charge < -0.3 is 4.90 Å². The Balaban J connectivity index is 2.10. The van der Waals surface area contributed by atoms with Crippen LogP contribution in [0.3, 0.4) is 0 Å². The third-order valence-corrected chi connectivity index (χ3v) is 7.05. The van der Waals surface area contributed by atoms with Crippen LogP contribution in [0.2, 0.25) is 0 Å². The van der Waals surface area contributed by atoms with Gasteiger partial charge in [-0.05, 0) is 24.6 Å². The first-order valence-electron chi connectivity index (χ1n) is 14.7. The summed E-state index contributed by atoms with van der Waals surface area (Å²) in [6.45, 7) is 7.81. The third kappa shape index (κ3) is 8.84. The minimum Gasteiger partial charge on any atom is -0.370 e. The van der Waals surface area contributed by atoms with Crippen molar-refractivity contribution in [3.8, 4) is 17.8 Å². The van der Waals surface area contributed by atoms with Gasteiger partial charge in [-0.1, -0.05) is 59.8 Å². The van der Waals surface area contributed by atoms with Crippen molar-refractivity contribution >= 4 is 17.2 Å². The summed E-state index contributed by atoms with van der Waals surface area (Å²) in [4.78, 5) is 1.72. The lowest BCUT2D eigenvalue weighted by Crippen LogP contribution is -2.26. The van der Waals surface area contributed by atoms with Crippen molar-refractivity contribution < 1.29 is 26.3 Å². The van der Waals surface area contributed by atoms with Gasteiger partial charge in [-0.3, -0.25) is 0 Å². The normalized spacial score (nSPS) is 12.0. The maximum Gasteiger partial charge on any atom is 0.418 e. The number of nitrogens with zero attached hydrogens (tertiary/aromatic N) is 7. The minimum absolute atomic E-state index is 0.0521. The lowest BCUT2D eigenvalue weighted by atomic mass is 9.90. The van der Waals surface area contributed by atoms with Gasteiger partial charge >= 0.3 is 6.18 Å². The number of unbranched alkanes of at least 4 members (excludes halogenated alkanes) is 5. The summed E-state index contributed by atoms with van der Waals surface area (Å²) >= 11 is 0. The zero-order valence-corrected chi connectivity index (χ0v) is 25.6. The average molecular weight is 632 g/mol. The minimum atomic E-state index is -4.87. The number of benzene rings is 2. The summed E-state index contributed by atoms with van der Waals surface area (Å²) in [5.41, 5.74) is -3.43. The average Bonchev–Trinajstić information content (AvgIpc) is 3.33. The molecule has 0 bridgehead atoms. The topological polar surface area (TPSA) is 93.4 Å². The van der Waals surface area contributed by atoms with Crippen molar-refractivity contribution in [1.29, 1.82) is 10.5 Å². The van der Waals surface area contributed by atoms with Gasteiger partial charge in [-0.2, -0.15) is 28.8 Å². The van der Waals surface area contributed by atoms with Crippen molar-refractivity contribution in [2.45, 2.75) is 84.2 Å². The third-order valence-electron chi connectivity index (χ3n) is 7.05. The Bertz CT molecular complexity index is 1570. The van der Waals surface area contributed by atoms with Gasteiger partial charge in [0.1, 0.15) is 23.1 Å². The highest BCUT2D eigenvalue weighted by atomic mass is 19.4. The Labute approximate surface area is 258 Å². The standard InChI is InChI=1S/C32H35F6N7/c1-5-6-7-8-9-10-15-44(16-11-14-39)22-12-13-27(24(19-22)32(36,37)38)41-42-30-23(20-40)29(31(2,3)4)43-45(30)28-25(34)17-21(33)18-26(28)35/h12-13,17-19H,5-11,15-16H2,1-4H3. The van der Waals surface area contributed by atoms with Crippen LogP contribution >= 0.6 is 0 Å². The predicted octanol–water partition coefficient (Wildman–Crippen LogP) is 9.97. The van der Waals surface area contributed by atoms with Crippen LogP contribution in [0.15, 0.2) is 40.6 Å². The van der Waals surface area contributed by atoms with Crippen LogP contribution in [0.1, 0.15) is 89.5 Å². The molecule has 3 aromatic rings. The van der Waals surface area contributed by atoms with Crippen LogP contribution in [0, 0.1) is 40.1 Å². The number of halogens is 6. The van der Waals surface area contributed by atoms with Crippen molar-refractivity contribution in [1.82, 2.24) is 9.78 Å². The summed E-state index contributed by atoms with van der Waals surface area (Å²) in [6, 6.07) is 8.17. The summed E-state index contributed by atoms with van der Waals surface area (Å²) < 4.78 is 86.8. The van der Waals surface area contributed by atoms with E-state index >= 15 is 0 Å². The molecule has 0 aliphatic rings. The van der Waals surface area contributed by atoms with Gasteiger partial charge in [0.05, 0.1) is 29.4 Å². The van der Waals surface area contributed by atoms with E-state index in [9.17, 15) is 31.6 Å². The first kappa shape index (κ1) is 35.1. The summed E-state index contributed by atoms with van der Waals surface area (Å²) in [5, 5.41) is 30.8. The number of alkyl halides is 3. The Hall–Kier alpha value is -4.39. The van der Waals surface area contributed by atoms with Crippen LogP contribution in [0.4, 0.5) is 43.5 Å². The molecule has 2 aromatic carbocycles. The molecule has 0 saturated heterocycles. The number of anilines is 1. The monoisotopic (exact) mass is 631 g/mol. The van der Waals surface area contributed by atoms with E-state index in [1.165, 1.54) is 6.07 Å². The van der Waals surface area contributed by atoms with Crippen LogP contribution in [0.25, 0.3) is 5.69 Å². The van der Waals surface area contributed by atoms with E-state index < -0.39 is 51.8 Å². The number of rotatable bonds is 13. The molecule has 0 amide bonds. The van der Waals surface area contributed by atoms with Crippen LogP contribution in [-0.4, -0.2) is 22.9 Å². The second kappa shape index (κ2) is 15.1. The van der Waals surface area contributed by atoms with Gasteiger partial charge in [-0.15, -0.1) is 10.2 Å². The molecule has 0 spiro atoms. The molecule has 0 aliphatic carbocycles. The summed E-state index contributed by atoms with van der Waals surface area (Å²) in [5.74, 6) is -4.45. The Morgan fingerprint density at radius 2 is 1.53 bits per heavy atom. The molecule has 1 aromatic heterocycles. The van der Waals surface area contributed by atoms with E-state index in [1.54, 1.807) is 25.7 Å². The Morgan fingerprint density at radius 1 is 0.889 bits per heavy atom. The summed E-state index contributed by atoms with van der Waals surface area (Å²) in [6.07, 6.45) is 1.20. The van der Waals surface area contributed by atoms with Gasteiger partial charge in [-0.25, -0.2) is 17.9 Å². The fourth-order valence-electron chi connectivity index (χ4n) is 4.80. The molecule has 7 nitrogen and oxygen atoms in total. The molecule has 0 N–H and O–H groups in total. The van der Waals surface area contributed by atoms with Crippen LogP contribution in [-0.2, 0) is 11.6 Å². The number of hydrogen-bond donors (Lipinski definition) is 0. The number of hydrogen-bond acceptors (Lipinski definition) is 6. The molecule has 0 atom stereocenters. The highest BCUT2D eigenvalue weighted by Gasteiger charge is 2.35. The van der Waals surface area contributed by atoms with E-state index in [0.29, 0.717) is 23.4 Å². The molecule has 3 rings (SSSR count). The van der Waals surface area contributed by atoms with Gasteiger partial charge in [0.15, 0.2) is 17.5 Å². The molecule has 0 unspecified atom stereocenters. The first-order chi connectivity index (χ1) is 21.2. The van der Waals surface area contributed by atoms with Crippen molar-refractivity contribution in [3.05, 3.63) is 64.6 Å². The number of azo groups is 1.